The van der Waals surface area contributed by atoms with Gasteiger partial charge in [-0.05, 0) is 87.0 Å². The van der Waals surface area contributed by atoms with E-state index in [0.29, 0.717) is 31.0 Å². The Morgan fingerprint density at radius 2 is 1.61 bits per heavy atom. The summed E-state index contributed by atoms with van der Waals surface area (Å²) >= 11 is 1.51. The number of carbonyl (C=O) groups excluding carboxylic acids is 2. The summed E-state index contributed by atoms with van der Waals surface area (Å²) < 4.78 is 34.6. The van der Waals surface area contributed by atoms with Crippen LogP contribution in [0.2, 0.25) is 0 Å². The van der Waals surface area contributed by atoms with Crippen molar-refractivity contribution in [3.8, 4) is 5.75 Å². The van der Waals surface area contributed by atoms with Crippen LogP contribution in [0, 0.1) is 0 Å². The Morgan fingerprint density at radius 1 is 0.951 bits per heavy atom. The molecule has 1 atom stereocenters. The number of thioether (sulfide) groups is 1. The molecule has 220 valence electrons. The smallest absolute Gasteiger partial charge is 0.264 e. The zero-order valence-corrected chi connectivity index (χ0v) is 25.7. The fraction of sp³-hybridized carbons (Fsp3) is 0.355. The van der Waals surface area contributed by atoms with Gasteiger partial charge in [0.1, 0.15) is 18.3 Å². The van der Waals surface area contributed by atoms with Crippen molar-refractivity contribution >= 4 is 39.3 Å². The van der Waals surface area contributed by atoms with Crippen LogP contribution in [0.4, 0.5) is 5.69 Å². The highest BCUT2D eigenvalue weighted by atomic mass is 32.2. The molecule has 41 heavy (non-hydrogen) atoms. The van der Waals surface area contributed by atoms with Crippen LogP contribution < -0.4 is 14.4 Å². The molecule has 0 radical (unpaired) electrons. The zero-order valence-electron chi connectivity index (χ0n) is 24.1. The SMILES string of the molecule is CCCNC(=O)C(C)N(CCc1ccccc1)C(=O)CN(c1ccc(OCC)cc1)S(=O)(=O)c1ccc(SC)cc1. The van der Waals surface area contributed by atoms with Crippen molar-refractivity contribution in [2.75, 3.05) is 36.8 Å². The van der Waals surface area contributed by atoms with Gasteiger partial charge in [0, 0.05) is 18.0 Å². The van der Waals surface area contributed by atoms with E-state index in [1.807, 2.05) is 50.4 Å². The van der Waals surface area contributed by atoms with Crippen LogP contribution in [-0.2, 0) is 26.0 Å². The van der Waals surface area contributed by atoms with E-state index in [1.165, 1.54) is 16.7 Å². The van der Waals surface area contributed by atoms with E-state index < -0.39 is 28.5 Å². The first kappa shape index (κ1) is 32.0. The number of ether oxygens (including phenoxy) is 1. The number of anilines is 1. The Kier molecular flexibility index (Phi) is 12.1. The summed E-state index contributed by atoms with van der Waals surface area (Å²) in [5.41, 5.74) is 1.33. The lowest BCUT2D eigenvalue weighted by atomic mass is 10.1. The molecule has 0 spiro atoms. The minimum Gasteiger partial charge on any atom is -0.494 e. The van der Waals surface area contributed by atoms with Crippen LogP contribution in [0.3, 0.4) is 0 Å². The molecule has 0 aliphatic heterocycles. The highest BCUT2D eigenvalue weighted by Gasteiger charge is 2.32. The Morgan fingerprint density at radius 3 is 2.20 bits per heavy atom. The van der Waals surface area contributed by atoms with Gasteiger partial charge in [-0.3, -0.25) is 13.9 Å². The normalized spacial score (nSPS) is 11.9. The Labute approximate surface area is 248 Å². The van der Waals surface area contributed by atoms with Crippen molar-refractivity contribution in [1.29, 1.82) is 0 Å². The van der Waals surface area contributed by atoms with Gasteiger partial charge in [0.25, 0.3) is 10.0 Å². The maximum Gasteiger partial charge on any atom is 0.264 e. The lowest BCUT2D eigenvalue weighted by molar-refractivity contribution is -0.138. The van der Waals surface area contributed by atoms with Crippen LogP contribution in [-0.4, -0.2) is 63.7 Å². The summed E-state index contributed by atoms with van der Waals surface area (Å²) in [4.78, 5) is 29.3. The molecule has 0 saturated carbocycles. The molecule has 3 rings (SSSR count). The number of amides is 2. The van der Waals surface area contributed by atoms with Crippen molar-refractivity contribution in [2.24, 2.45) is 0 Å². The molecule has 2 amide bonds. The third kappa shape index (κ3) is 8.74. The van der Waals surface area contributed by atoms with Gasteiger partial charge >= 0.3 is 0 Å². The molecule has 3 aromatic carbocycles. The highest BCUT2D eigenvalue weighted by molar-refractivity contribution is 7.98. The van der Waals surface area contributed by atoms with E-state index in [1.54, 1.807) is 55.5 Å². The molecule has 0 aliphatic rings. The van der Waals surface area contributed by atoms with E-state index in [0.717, 1.165) is 21.2 Å². The van der Waals surface area contributed by atoms with Crippen LogP contribution in [0.25, 0.3) is 0 Å². The summed E-state index contributed by atoms with van der Waals surface area (Å²) in [5, 5.41) is 2.86. The number of hydrogen-bond donors (Lipinski definition) is 1. The maximum atomic E-state index is 14.0. The summed E-state index contributed by atoms with van der Waals surface area (Å²) in [6.07, 6.45) is 3.19. The maximum absolute atomic E-state index is 14.0. The van der Waals surface area contributed by atoms with Gasteiger partial charge in [-0.25, -0.2) is 8.42 Å². The second-order valence-electron chi connectivity index (χ2n) is 9.40. The van der Waals surface area contributed by atoms with Crippen molar-refractivity contribution < 1.29 is 22.7 Å². The molecule has 1 N–H and O–H groups in total. The van der Waals surface area contributed by atoms with E-state index in [9.17, 15) is 18.0 Å². The van der Waals surface area contributed by atoms with Gasteiger partial charge in [-0.15, -0.1) is 11.8 Å². The van der Waals surface area contributed by atoms with E-state index in [2.05, 4.69) is 5.32 Å². The minimum absolute atomic E-state index is 0.0709. The number of carbonyl (C=O) groups is 2. The fourth-order valence-corrected chi connectivity index (χ4v) is 6.07. The minimum atomic E-state index is -4.12. The number of rotatable bonds is 15. The quantitative estimate of drug-likeness (QED) is 0.248. The molecule has 0 fully saturated rings. The molecular weight excluding hydrogens is 558 g/mol. The zero-order chi connectivity index (χ0) is 29.8. The molecule has 0 heterocycles. The van der Waals surface area contributed by atoms with Gasteiger partial charge in [0.15, 0.2) is 0 Å². The monoisotopic (exact) mass is 597 g/mol. The number of hydrogen-bond acceptors (Lipinski definition) is 6. The second kappa shape index (κ2) is 15.5. The summed E-state index contributed by atoms with van der Waals surface area (Å²) in [6.45, 7) is 6.23. The lowest BCUT2D eigenvalue weighted by Crippen LogP contribution is -2.52. The van der Waals surface area contributed by atoms with Crippen LogP contribution >= 0.6 is 11.8 Å². The standard InChI is InChI=1S/C31H39N3O5S2/c1-5-21-32-31(36)24(3)33(22-20-25-10-8-7-9-11-25)30(35)23-34(26-12-14-27(15-13-26)39-6-2)41(37,38)29-18-16-28(40-4)17-19-29/h7-19,24H,5-6,20-23H2,1-4H3,(H,32,36). The lowest BCUT2D eigenvalue weighted by Gasteiger charge is -2.32. The van der Waals surface area contributed by atoms with Gasteiger partial charge in [0.05, 0.1) is 17.2 Å². The third-order valence-corrected chi connectivity index (χ3v) is 9.09. The molecule has 1 unspecified atom stereocenters. The van der Waals surface area contributed by atoms with Crippen LogP contribution in [0.5, 0.6) is 5.75 Å². The molecule has 10 heteroatoms. The predicted molar refractivity (Wildman–Crippen MR) is 165 cm³/mol. The number of nitrogens with one attached hydrogen (secondary N) is 1. The second-order valence-corrected chi connectivity index (χ2v) is 12.1. The molecule has 8 nitrogen and oxygen atoms in total. The Hall–Kier alpha value is -3.50. The van der Waals surface area contributed by atoms with E-state index in [-0.39, 0.29) is 17.3 Å². The third-order valence-electron chi connectivity index (χ3n) is 6.56. The number of sulfonamides is 1. The van der Waals surface area contributed by atoms with Gasteiger partial charge in [-0.1, -0.05) is 37.3 Å². The number of benzene rings is 3. The molecule has 0 aromatic heterocycles. The van der Waals surface area contributed by atoms with Crippen molar-refractivity contribution in [3.05, 3.63) is 84.4 Å². The fourth-order valence-electron chi connectivity index (χ4n) is 4.24. The van der Waals surface area contributed by atoms with Gasteiger partial charge < -0.3 is 15.0 Å². The average Bonchev–Trinajstić information content (AvgIpc) is 2.99. The molecule has 0 bridgehead atoms. The molecular formula is C31H39N3O5S2. The van der Waals surface area contributed by atoms with E-state index >= 15 is 0 Å². The highest BCUT2D eigenvalue weighted by Crippen LogP contribution is 2.27. The predicted octanol–water partition coefficient (Wildman–Crippen LogP) is 4.99. The first-order valence-electron chi connectivity index (χ1n) is 13.7. The van der Waals surface area contributed by atoms with Crippen molar-refractivity contribution in [2.45, 2.75) is 49.4 Å². The first-order valence-corrected chi connectivity index (χ1v) is 16.4. The summed E-state index contributed by atoms with van der Waals surface area (Å²) in [6, 6.07) is 22.0. The molecule has 3 aromatic rings. The average molecular weight is 598 g/mol. The van der Waals surface area contributed by atoms with Crippen molar-refractivity contribution in [1.82, 2.24) is 10.2 Å². The Balaban J connectivity index is 1.97. The summed E-state index contributed by atoms with van der Waals surface area (Å²) in [5.74, 6) is -0.162. The molecule has 0 saturated heterocycles. The summed E-state index contributed by atoms with van der Waals surface area (Å²) in [7, 11) is -4.12. The Bertz CT molecular complexity index is 1370. The largest absolute Gasteiger partial charge is 0.494 e. The molecule has 0 aliphatic carbocycles. The topological polar surface area (TPSA) is 96.0 Å². The van der Waals surface area contributed by atoms with Gasteiger partial charge in [-0.2, -0.15) is 0 Å². The first-order chi connectivity index (χ1) is 19.7. The number of nitrogens with zero attached hydrogens (tertiary/aromatic N) is 2. The van der Waals surface area contributed by atoms with E-state index in [4.69, 9.17) is 4.74 Å². The van der Waals surface area contributed by atoms with Crippen molar-refractivity contribution in [3.63, 3.8) is 0 Å². The van der Waals surface area contributed by atoms with Crippen LogP contribution in [0.15, 0.2) is 88.7 Å². The van der Waals surface area contributed by atoms with Crippen LogP contribution in [0.1, 0.15) is 32.8 Å². The van der Waals surface area contributed by atoms with Gasteiger partial charge in [0.2, 0.25) is 11.8 Å².